The van der Waals surface area contributed by atoms with Crippen molar-refractivity contribution in [3.8, 4) is 5.75 Å². The van der Waals surface area contributed by atoms with Crippen molar-refractivity contribution < 1.29 is 14.3 Å². The highest BCUT2D eigenvalue weighted by Gasteiger charge is 2.11. The fourth-order valence-corrected chi connectivity index (χ4v) is 1.21. The summed E-state index contributed by atoms with van der Waals surface area (Å²) in [6.45, 7) is 4.25. The van der Waals surface area contributed by atoms with Gasteiger partial charge in [0.15, 0.2) is 0 Å². The van der Waals surface area contributed by atoms with E-state index in [1.165, 1.54) is 7.11 Å². The summed E-state index contributed by atoms with van der Waals surface area (Å²) in [5.41, 5.74) is 6.35. The maximum atomic E-state index is 11.1. The number of methoxy groups -OCH3 is 1. The molecule has 1 aromatic carbocycles. The Morgan fingerprint density at radius 2 is 1.88 bits per heavy atom. The molecular weight excluding hydrogens is 218 g/mol. The average Bonchev–Trinajstić information content (AvgIpc) is 2.27. The molecule has 0 unspecified atom stereocenters. The van der Waals surface area contributed by atoms with Crippen molar-refractivity contribution in [1.29, 1.82) is 0 Å². The largest absolute Gasteiger partial charge is 0.492 e. The summed E-state index contributed by atoms with van der Waals surface area (Å²) >= 11 is 0. The molecule has 0 fully saturated rings. The van der Waals surface area contributed by atoms with Crippen molar-refractivity contribution >= 4 is 5.97 Å². The van der Waals surface area contributed by atoms with E-state index in [9.17, 15) is 4.79 Å². The lowest BCUT2D eigenvalue weighted by Gasteiger charge is -2.19. The summed E-state index contributed by atoms with van der Waals surface area (Å²) in [5, 5.41) is 0. The smallest absolute Gasteiger partial charge is 0.309 e. The minimum Gasteiger partial charge on any atom is -0.492 e. The lowest BCUT2D eigenvalue weighted by Crippen LogP contribution is -2.38. The van der Waals surface area contributed by atoms with Crippen LogP contribution in [0, 0.1) is 0 Å². The summed E-state index contributed by atoms with van der Waals surface area (Å²) < 4.78 is 10.1. The van der Waals surface area contributed by atoms with Crippen molar-refractivity contribution in [2.24, 2.45) is 5.73 Å². The van der Waals surface area contributed by atoms with Crippen LogP contribution in [-0.4, -0.2) is 25.2 Å². The molecule has 0 aliphatic rings. The average molecular weight is 237 g/mol. The van der Waals surface area contributed by atoms with E-state index >= 15 is 0 Å². The molecule has 0 aromatic heterocycles. The third-order valence-electron chi connectivity index (χ3n) is 2.11. The molecule has 1 rings (SSSR count). The lowest BCUT2D eigenvalue weighted by molar-refractivity contribution is -0.139. The van der Waals surface area contributed by atoms with Crippen molar-refractivity contribution in [3.05, 3.63) is 29.8 Å². The van der Waals surface area contributed by atoms with Crippen LogP contribution in [-0.2, 0) is 16.0 Å². The summed E-state index contributed by atoms with van der Waals surface area (Å²) in [4.78, 5) is 11.1. The van der Waals surface area contributed by atoms with E-state index in [1.54, 1.807) is 0 Å². The van der Waals surface area contributed by atoms with Gasteiger partial charge in [-0.25, -0.2) is 0 Å². The molecule has 0 aliphatic carbocycles. The number of carbonyl (C=O) groups is 1. The van der Waals surface area contributed by atoms with Crippen LogP contribution in [0.15, 0.2) is 24.3 Å². The van der Waals surface area contributed by atoms with E-state index in [1.807, 2.05) is 38.1 Å². The van der Waals surface area contributed by atoms with E-state index in [4.69, 9.17) is 10.5 Å². The molecule has 0 aliphatic heterocycles. The number of esters is 1. The highest BCUT2D eigenvalue weighted by Crippen LogP contribution is 2.14. The molecule has 94 valence electrons. The van der Waals surface area contributed by atoms with Gasteiger partial charge in [0.25, 0.3) is 0 Å². The maximum Gasteiger partial charge on any atom is 0.309 e. The first kappa shape index (κ1) is 13.5. The van der Waals surface area contributed by atoms with Crippen molar-refractivity contribution in [2.75, 3.05) is 13.7 Å². The standard InChI is InChI=1S/C13H19NO3/c1-13(2,14)9-17-11-6-4-10(5-7-11)8-12(15)16-3/h4-7H,8-9,14H2,1-3H3. The number of rotatable bonds is 5. The molecule has 0 bridgehead atoms. The molecule has 17 heavy (non-hydrogen) atoms. The van der Waals surface area contributed by atoms with Crippen LogP contribution >= 0.6 is 0 Å². The minimum absolute atomic E-state index is 0.248. The van der Waals surface area contributed by atoms with E-state index < -0.39 is 0 Å². The van der Waals surface area contributed by atoms with Gasteiger partial charge < -0.3 is 15.2 Å². The van der Waals surface area contributed by atoms with E-state index in [-0.39, 0.29) is 17.9 Å². The predicted octanol–water partition coefficient (Wildman–Crippen LogP) is 1.52. The third kappa shape index (κ3) is 5.36. The zero-order valence-corrected chi connectivity index (χ0v) is 10.5. The van der Waals surface area contributed by atoms with Crippen LogP contribution in [0.5, 0.6) is 5.75 Å². The van der Waals surface area contributed by atoms with Crippen molar-refractivity contribution in [3.63, 3.8) is 0 Å². The molecule has 4 nitrogen and oxygen atoms in total. The molecule has 0 radical (unpaired) electrons. The SMILES string of the molecule is COC(=O)Cc1ccc(OCC(C)(C)N)cc1. The van der Waals surface area contributed by atoms with Gasteiger partial charge in [-0.15, -0.1) is 0 Å². The molecule has 0 heterocycles. The molecule has 2 N–H and O–H groups in total. The van der Waals surface area contributed by atoms with Gasteiger partial charge in [-0.3, -0.25) is 4.79 Å². The van der Waals surface area contributed by atoms with Crippen LogP contribution in [0.1, 0.15) is 19.4 Å². The Hall–Kier alpha value is -1.55. The number of ether oxygens (including phenoxy) is 2. The molecule has 0 spiro atoms. The van der Waals surface area contributed by atoms with Gasteiger partial charge in [0, 0.05) is 5.54 Å². The highest BCUT2D eigenvalue weighted by molar-refractivity contribution is 5.72. The molecule has 0 saturated heterocycles. The van der Waals surface area contributed by atoms with Crippen molar-refractivity contribution in [1.82, 2.24) is 0 Å². The summed E-state index contributed by atoms with van der Waals surface area (Å²) in [6, 6.07) is 7.33. The molecular formula is C13H19NO3. The quantitative estimate of drug-likeness (QED) is 0.789. The van der Waals surface area contributed by atoms with E-state index in [2.05, 4.69) is 4.74 Å². The Morgan fingerprint density at radius 3 is 2.35 bits per heavy atom. The van der Waals surface area contributed by atoms with Gasteiger partial charge in [-0.05, 0) is 31.5 Å². The van der Waals surface area contributed by atoms with E-state index in [0.29, 0.717) is 6.61 Å². The van der Waals surface area contributed by atoms with Crippen LogP contribution in [0.25, 0.3) is 0 Å². The van der Waals surface area contributed by atoms with Crippen molar-refractivity contribution in [2.45, 2.75) is 25.8 Å². The second-order valence-corrected chi connectivity index (χ2v) is 4.67. The molecule has 1 aromatic rings. The summed E-state index contributed by atoms with van der Waals surface area (Å²) in [5.74, 6) is 0.499. The fourth-order valence-electron chi connectivity index (χ4n) is 1.21. The first-order chi connectivity index (χ1) is 7.90. The lowest BCUT2D eigenvalue weighted by atomic mass is 10.1. The monoisotopic (exact) mass is 237 g/mol. The predicted molar refractivity (Wildman–Crippen MR) is 65.9 cm³/mol. The van der Waals surface area contributed by atoms with Gasteiger partial charge in [-0.1, -0.05) is 12.1 Å². The number of benzene rings is 1. The summed E-state index contributed by atoms with van der Waals surface area (Å²) in [6.07, 6.45) is 0.277. The minimum atomic E-state index is -0.356. The maximum absolute atomic E-state index is 11.1. The van der Waals surface area contributed by atoms with Crippen LogP contribution in [0.3, 0.4) is 0 Å². The number of hydrogen-bond acceptors (Lipinski definition) is 4. The molecule has 4 heteroatoms. The fraction of sp³-hybridized carbons (Fsp3) is 0.462. The van der Waals surface area contributed by atoms with Crippen LogP contribution in [0.4, 0.5) is 0 Å². The second kappa shape index (κ2) is 5.68. The molecule has 0 saturated carbocycles. The first-order valence-electron chi connectivity index (χ1n) is 5.48. The Bertz CT molecular complexity index is 365. The molecule has 0 atom stereocenters. The molecule has 0 amide bonds. The number of carbonyl (C=O) groups excluding carboxylic acids is 1. The number of nitrogens with two attached hydrogens (primary N) is 1. The van der Waals surface area contributed by atoms with Gasteiger partial charge in [0.1, 0.15) is 12.4 Å². The first-order valence-corrected chi connectivity index (χ1v) is 5.48. The Kier molecular flexibility index (Phi) is 4.52. The van der Waals surface area contributed by atoms with Crippen LogP contribution in [0.2, 0.25) is 0 Å². The van der Waals surface area contributed by atoms with Gasteiger partial charge in [0.05, 0.1) is 13.5 Å². The van der Waals surface area contributed by atoms with Gasteiger partial charge in [0.2, 0.25) is 0 Å². The summed E-state index contributed by atoms with van der Waals surface area (Å²) in [7, 11) is 1.38. The van der Waals surface area contributed by atoms with Gasteiger partial charge in [-0.2, -0.15) is 0 Å². The topological polar surface area (TPSA) is 61.5 Å². The number of hydrogen-bond donors (Lipinski definition) is 1. The Balaban J connectivity index is 2.53. The van der Waals surface area contributed by atoms with Crippen LogP contribution < -0.4 is 10.5 Å². The Labute approximate surface area is 102 Å². The zero-order valence-electron chi connectivity index (χ0n) is 10.5. The third-order valence-corrected chi connectivity index (χ3v) is 2.11. The highest BCUT2D eigenvalue weighted by atomic mass is 16.5. The normalized spacial score (nSPS) is 11.1. The van der Waals surface area contributed by atoms with E-state index in [0.717, 1.165) is 11.3 Å². The van der Waals surface area contributed by atoms with Gasteiger partial charge >= 0.3 is 5.97 Å². The second-order valence-electron chi connectivity index (χ2n) is 4.67. The Morgan fingerprint density at radius 1 is 1.29 bits per heavy atom. The zero-order chi connectivity index (χ0) is 12.9.